The van der Waals surface area contributed by atoms with Crippen molar-refractivity contribution in [2.75, 3.05) is 18.4 Å². The van der Waals surface area contributed by atoms with Crippen LogP contribution in [0.3, 0.4) is 0 Å². The molecule has 0 atom stereocenters. The summed E-state index contributed by atoms with van der Waals surface area (Å²) < 4.78 is 44.0. The molecule has 0 aliphatic carbocycles. The third-order valence-corrected chi connectivity index (χ3v) is 7.62. The summed E-state index contributed by atoms with van der Waals surface area (Å²) in [6.07, 6.45) is 1.09. The van der Waals surface area contributed by atoms with E-state index < -0.39 is 35.0 Å². The molecule has 1 amide bonds. The van der Waals surface area contributed by atoms with Crippen LogP contribution in [-0.2, 0) is 11.3 Å². The van der Waals surface area contributed by atoms with Crippen LogP contribution in [0.15, 0.2) is 64.4 Å². The van der Waals surface area contributed by atoms with E-state index in [2.05, 4.69) is 34.5 Å². The Kier molecular flexibility index (Phi) is 8.65. The van der Waals surface area contributed by atoms with Gasteiger partial charge in [0.2, 0.25) is 5.91 Å². The maximum atomic E-state index is 15.1. The fourth-order valence-corrected chi connectivity index (χ4v) is 5.24. The second-order valence-electron chi connectivity index (χ2n) is 9.34. The van der Waals surface area contributed by atoms with Gasteiger partial charge in [-0.1, -0.05) is 49.3 Å². The van der Waals surface area contributed by atoms with E-state index in [-0.39, 0.29) is 11.5 Å². The van der Waals surface area contributed by atoms with E-state index in [0.29, 0.717) is 37.0 Å². The largest absolute Gasteiger partial charge is 0.321 e. The molecule has 1 fully saturated rings. The molecule has 0 saturated carbocycles. The van der Waals surface area contributed by atoms with Gasteiger partial charge in [0.1, 0.15) is 11.5 Å². The lowest BCUT2D eigenvalue weighted by molar-refractivity contribution is -0.118. The highest BCUT2D eigenvalue weighted by molar-refractivity contribution is 7.99. The highest BCUT2D eigenvalue weighted by atomic mass is 35.5. The molecule has 1 aliphatic heterocycles. The molecular weight excluding hydrogens is 505 g/mol. The van der Waals surface area contributed by atoms with E-state index in [9.17, 15) is 13.6 Å². The first-order valence-corrected chi connectivity index (χ1v) is 13.1. The third-order valence-electron chi connectivity index (χ3n) is 6.35. The van der Waals surface area contributed by atoms with E-state index in [0.717, 1.165) is 21.9 Å². The second-order valence-corrected chi connectivity index (χ2v) is 10.9. The number of halogens is 4. The summed E-state index contributed by atoms with van der Waals surface area (Å²) in [5.74, 6) is -4.36. The van der Waals surface area contributed by atoms with Gasteiger partial charge in [0.15, 0.2) is 11.6 Å². The number of carbonyl (C=O) groups is 1. The van der Waals surface area contributed by atoms with Gasteiger partial charge in [0.05, 0.1) is 0 Å². The van der Waals surface area contributed by atoms with Crippen molar-refractivity contribution in [3.63, 3.8) is 0 Å². The highest BCUT2D eigenvalue weighted by Gasteiger charge is 2.29. The molecule has 8 heteroatoms. The maximum Gasteiger partial charge on any atom is 0.227 e. The minimum atomic E-state index is -1.10. The zero-order chi connectivity index (χ0) is 25.8. The zero-order valence-corrected chi connectivity index (χ0v) is 21.7. The molecular formula is C28H28ClF3N2OS. The minimum Gasteiger partial charge on any atom is -0.321 e. The average Bonchev–Trinajstić information content (AvgIpc) is 2.85. The van der Waals surface area contributed by atoms with E-state index in [1.165, 1.54) is 0 Å². The van der Waals surface area contributed by atoms with Crippen molar-refractivity contribution >= 4 is 35.0 Å². The quantitative estimate of drug-likeness (QED) is 0.336. The van der Waals surface area contributed by atoms with Gasteiger partial charge >= 0.3 is 0 Å². The summed E-state index contributed by atoms with van der Waals surface area (Å²) in [6.45, 7) is 5.31. The molecule has 36 heavy (non-hydrogen) atoms. The van der Waals surface area contributed by atoms with Crippen LogP contribution in [0.1, 0.15) is 43.7 Å². The summed E-state index contributed by atoms with van der Waals surface area (Å²) in [6, 6.07) is 16.7. The van der Waals surface area contributed by atoms with Gasteiger partial charge in [-0.3, -0.25) is 9.69 Å². The lowest BCUT2D eigenvalue weighted by atomic mass is 9.88. The van der Waals surface area contributed by atoms with Crippen LogP contribution in [0.25, 0.3) is 0 Å². The summed E-state index contributed by atoms with van der Waals surface area (Å²) in [5, 5.41) is 2.98. The van der Waals surface area contributed by atoms with Gasteiger partial charge in [-0.15, -0.1) is 0 Å². The van der Waals surface area contributed by atoms with Gasteiger partial charge in [0.25, 0.3) is 0 Å². The molecule has 0 unspecified atom stereocenters. The summed E-state index contributed by atoms with van der Waals surface area (Å²) >= 11 is 7.61. The van der Waals surface area contributed by atoms with Crippen molar-refractivity contribution in [1.82, 2.24) is 4.90 Å². The van der Waals surface area contributed by atoms with Gasteiger partial charge < -0.3 is 5.32 Å². The Hall–Kier alpha value is -2.48. The van der Waals surface area contributed by atoms with E-state index in [4.69, 9.17) is 11.6 Å². The highest BCUT2D eigenvalue weighted by Crippen LogP contribution is 2.36. The van der Waals surface area contributed by atoms with Crippen LogP contribution in [0, 0.1) is 23.4 Å². The Bertz CT molecular complexity index is 1210. The lowest BCUT2D eigenvalue weighted by Gasteiger charge is -2.32. The third kappa shape index (κ3) is 6.44. The Balaban J connectivity index is 1.37. The van der Waals surface area contributed by atoms with Crippen LogP contribution in [0.2, 0.25) is 5.02 Å². The molecule has 1 saturated heterocycles. The number of nitrogens with one attached hydrogen (secondary N) is 1. The molecule has 1 aliphatic rings. The predicted molar refractivity (Wildman–Crippen MR) is 139 cm³/mol. The van der Waals surface area contributed by atoms with Gasteiger partial charge in [-0.2, -0.15) is 0 Å². The molecule has 3 nitrogen and oxygen atoms in total. The number of rotatable bonds is 7. The Labute approximate surface area is 219 Å². The Morgan fingerprint density at radius 3 is 2.17 bits per heavy atom. The first-order chi connectivity index (χ1) is 17.2. The topological polar surface area (TPSA) is 32.3 Å². The molecule has 0 bridgehead atoms. The number of nitrogens with zero attached hydrogens (tertiary/aromatic N) is 1. The standard InChI is InChI=1S/C28H28ClF3N2OS/c1-17(2)28(35)33-27-24(31)15-23(30)25(26(27)32)19-11-13-34(14-12-19)16-18-3-7-21(8-4-18)36-22-9-5-20(29)6-10-22/h3-10,15,17,19H,11-14,16H2,1-2H3,(H,33,35). The maximum absolute atomic E-state index is 15.1. The number of anilines is 1. The average molecular weight is 533 g/mol. The number of benzene rings is 3. The smallest absolute Gasteiger partial charge is 0.227 e. The summed E-state index contributed by atoms with van der Waals surface area (Å²) in [7, 11) is 0. The number of amides is 1. The number of hydrogen-bond acceptors (Lipinski definition) is 3. The molecule has 4 rings (SSSR count). The van der Waals surface area contributed by atoms with Crippen LogP contribution in [0.5, 0.6) is 0 Å². The SMILES string of the molecule is CC(C)C(=O)Nc1c(F)cc(F)c(C2CCN(Cc3ccc(Sc4ccc(Cl)cc4)cc3)CC2)c1F. The van der Waals surface area contributed by atoms with E-state index >= 15 is 4.39 Å². The summed E-state index contributed by atoms with van der Waals surface area (Å²) in [5.41, 5.74) is 0.453. The lowest BCUT2D eigenvalue weighted by Crippen LogP contribution is -2.33. The second kappa shape index (κ2) is 11.7. The molecule has 1 heterocycles. The molecule has 0 radical (unpaired) electrons. The van der Waals surface area contributed by atoms with Crippen molar-refractivity contribution in [2.45, 2.75) is 48.9 Å². The molecule has 3 aromatic carbocycles. The van der Waals surface area contributed by atoms with Crippen LogP contribution in [0.4, 0.5) is 18.9 Å². The molecule has 3 aromatic rings. The number of likely N-dealkylation sites (tertiary alicyclic amines) is 1. The zero-order valence-electron chi connectivity index (χ0n) is 20.2. The Morgan fingerprint density at radius 2 is 1.58 bits per heavy atom. The van der Waals surface area contributed by atoms with Crippen molar-refractivity contribution in [3.8, 4) is 0 Å². The summed E-state index contributed by atoms with van der Waals surface area (Å²) in [4.78, 5) is 16.5. The van der Waals surface area contributed by atoms with Crippen LogP contribution < -0.4 is 5.32 Å². The number of hydrogen-bond donors (Lipinski definition) is 1. The monoisotopic (exact) mass is 532 g/mol. The van der Waals surface area contributed by atoms with Gasteiger partial charge in [-0.25, -0.2) is 13.2 Å². The van der Waals surface area contributed by atoms with Crippen LogP contribution >= 0.6 is 23.4 Å². The molecule has 0 spiro atoms. The van der Waals surface area contributed by atoms with E-state index in [1.54, 1.807) is 25.6 Å². The van der Waals surface area contributed by atoms with Gasteiger partial charge in [0, 0.05) is 38.9 Å². The number of piperidine rings is 1. The van der Waals surface area contributed by atoms with Crippen molar-refractivity contribution < 1.29 is 18.0 Å². The Morgan fingerprint density at radius 1 is 1.00 bits per heavy atom. The fourth-order valence-electron chi connectivity index (χ4n) is 4.30. The normalized spacial score (nSPS) is 14.9. The predicted octanol–water partition coefficient (Wildman–Crippen LogP) is 7.88. The first-order valence-electron chi connectivity index (χ1n) is 11.9. The number of carbonyl (C=O) groups excluding carboxylic acids is 1. The van der Waals surface area contributed by atoms with Gasteiger partial charge in [-0.05, 0) is 73.8 Å². The van der Waals surface area contributed by atoms with Crippen molar-refractivity contribution in [1.29, 1.82) is 0 Å². The van der Waals surface area contributed by atoms with Crippen molar-refractivity contribution in [3.05, 3.63) is 88.2 Å². The molecule has 1 N–H and O–H groups in total. The van der Waals surface area contributed by atoms with Crippen molar-refractivity contribution in [2.24, 2.45) is 5.92 Å². The fraction of sp³-hybridized carbons (Fsp3) is 0.321. The molecule has 0 aromatic heterocycles. The molecule has 190 valence electrons. The first kappa shape index (κ1) is 26.6. The van der Waals surface area contributed by atoms with Crippen LogP contribution in [-0.4, -0.2) is 23.9 Å². The minimum absolute atomic E-state index is 0.140. The van der Waals surface area contributed by atoms with E-state index in [1.807, 2.05) is 24.3 Å².